The average molecular weight is 597 g/mol. The van der Waals surface area contributed by atoms with Gasteiger partial charge in [0.25, 0.3) is 0 Å². The van der Waals surface area contributed by atoms with Crippen molar-refractivity contribution in [2.24, 2.45) is 17.8 Å². The minimum absolute atomic E-state index is 0.0713. The third-order valence-electron chi connectivity index (χ3n) is 8.42. The molecule has 0 bridgehead atoms. The van der Waals surface area contributed by atoms with Crippen LogP contribution in [0.1, 0.15) is 31.7 Å². The number of phenolic OH excluding ortho intramolecular Hbond substituents is 1. The minimum Gasteiger partial charge on any atom is -0.508 e. The van der Waals surface area contributed by atoms with E-state index in [0.717, 1.165) is 16.0 Å². The zero-order valence-electron chi connectivity index (χ0n) is 24.4. The number of hydrogen-bond acceptors (Lipinski definition) is 8. The summed E-state index contributed by atoms with van der Waals surface area (Å²) in [6.45, 7) is 1.55. The zero-order chi connectivity index (χ0) is 31.4. The molecular formula is C34H36BNO8. The molecule has 5 N–H and O–H groups in total. The van der Waals surface area contributed by atoms with Crippen molar-refractivity contribution in [3.8, 4) is 11.5 Å². The highest BCUT2D eigenvalue weighted by atomic mass is 16.5. The van der Waals surface area contributed by atoms with E-state index in [9.17, 15) is 35.0 Å². The Labute approximate surface area is 256 Å². The van der Waals surface area contributed by atoms with Crippen LogP contribution < -0.4 is 15.1 Å². The molecule has 0 spiro atoms. The summed E-state index contributed by atoms with van der Waals surface area (Å²) >= 11 is 0. The van der Waals surface area contributed by atoms with Crippen LogP contribution in [0.5, 0.6) is 11.5 Å². The summed E-state index contributed by atoms with van der Waals surface area (Å²) < 4.78 is 6.05. The van der Waals surface area contributed by atoms with Gasteiger partial charge in [-0.05, 0) is 84.8 Å². The predicted molar refractivity (Wildman–Crippen MR) is 167 cm³/mol. The highest BCUT2D eigenvalue weighted by Gasteiger charge is 2.55. The van der Waals surface area contributed by atoms with Crippen molar-refractivity contribution < 1.29 is 39.7 Å². The van der Waals surface area contributed by atoms with Crippen LogP contribution >= 0.6 is 0 Å². The number of carbonyl (C=O) groups excluding carboxylic acids is 2. The molecular weight excluding hydrogens is 561 g/mol. The van der Waals surface area contributed by atoms with Crippen molar-refractivity contribution in [2.45, 2.75) is 32.3 Å². The molecule has 228 valence electrons. The smallest absolute Gasteiger partial charge is 0.488 e. The van der Waals surface area contributed by atoms with Gasteiger partial charge in [-0.2, -0.15) is 0 Å². The van der Waals surface area contributed by atoms with Crippen molar-refractivity contribution in [1.82, 2.24) is 0 Å². The summed E-state index contributed by atoms with van der Waals surface area (Å²) in [7, 11) is -1.77. The van der Waals surface area contributed by atoms with E-state index in [0.29, 0.717) is 29.7 Å². The predicted octanol–water partition coefficient (Wildman–Crippen LogP) is 2.81. The van der Waals surface area contributed by atoms with Crippen LogP contribution in [0.2, 0.25) is 0 Å². The molecule has 1 saturated heterocycles. The first-order chi connectivity index (χ1) is 21.2. The third-order valence-corrected chi connectivity index (χ3v) is 8.42. The molecule has 3 aromatic rings. The Balaban J connectivity index is 1.45. The lowest BCUT2D eigenvalue weighted by Crippen LogP contribution is -2.40. The summed E-state index contributed by atoms with van der Waals surface area (Å²) in [6, 6.07) is 22.0. The lowest BCUT2D eigenvalue weighted by molar-refractivity contribution is -0.123. The van der Waals surface area contributed by atoms with Crippen LogP contribution in [0.3, 0.4) is 0 Å². The molecule has 0 unspecified atom stereocenters. The van der Waals surface area contributed by atoms with Crippen LogP contribution in [-0.4, -0.2) is 63.6 Å². The number of anilines is 1. The molecule has 1 aliphatic carbocycles. The number of amides is 2. The fourth-order valence-electron chi connectivity index (χ4n) is 6.35. The molecule has 2 aliphatic rings. The van der Waals surface area contributed by atoms with Crippen LogP contribution in [0, 0.1) is 17.8 Å². The van der Waals surface area contributed by atoms with Crippen molar-refractivity contribution in [1.29, 1.82) is 0 Å². The summed E-state index contributed by atoms with van der Waals surface area (Å²) in [5.41, 5.74) is 3.33. The number of phenols is 1. The second-order valence-corrected chi connectivity index (χ2v) is 11.4. The third kappa shape index (κ3) is 6.63. The molecule has 44 heavy (non-hydrogen) atoms. The number of para-hydroxylation sites is 1. The van der Waals surface area contributed by atoms with Gasteiger partial charge in [0.1, 0.15) is 18.1 Å². The summed E-state index contributed by atoms with van der Waals surface area (Å²) in [5, 5.41) is 51.3. The normalized spacial score (nSPS) is 21.0. The Bertz CT molecular complexity index is 1570. The molecule has 2 amide bonds. The molecule has 0 saturated carbocycles. The number of allylic oxidation sites excluding steroid dienone is 1. The van der Waals surface area contributed by atoms with Gasteiger partial charge in [0.05, 0.1) is 30.2 Å². The van der Waals surface area contributed by atoms with Crippen LogP contribution in [-0.2, 0) is 9.59 Å². The first-order valence-electron chi connectivity index (χ1n) is 14.7. The molecule has 3 aromatic carbocycles. The van der Waals surface area contributed by atoms with Gasteiger partial charge >= 0.3 is 7.12 Å². The number of aliphatic hydroxyl groups is 2. The lowest BCUT2D eigenvalue weighted by atomic mass is 9.68. The molecule has 1 fully saturated rings. The molecule has 0 radical (unpaired) electrons. The van der Waals surface area contributed by atoms with Crippen molar-refractivity contribution in [2.75, 3.05) is 18.1 Å². The molecule has 0 aromatic heterocycles. The van der Waals surface area contributed by atoms with Gasteiger partial charge in [-0.25, -0.2) is 0 Å². The van der Waals surface area contributed by atoms with Crippen molar-refractivity contribution >= 4 is 36.2 Å². The molecule has 4 atom stereocenters. The van der Waals surface area contributed by atoms with Crippen LogP contribution in [0.4, 0.5) is 5.69 Å². The molecule has 5 rings (SSSR count). The maximum absolute atomic E-state index is 13.9. The average Bonchev–Trinajstić information content (AvgIpc) is 3.27. The number of hydrogen-bond donors (Lipinski definition) is 5. The SMILES string of the molecule is C/C(=C\c1cccc(O)c1)CC[C@@H](O)C1=C(COc2ccccc2)C[C@H]2C(=O)N(c3cccc(B(O)O)c3)C(=O)[C@H]2[C@H]1CO. The largest absolute Gasteiger partial charge is 0.508 e. The number of nitrogens with zero attached hydrogens (tertiary/aromatic N) is 1. The van der Waals surface area contributed by atoms with Gasteiger partial charge < -0.3 is 30.1 Å². The number of rotatable bonds is 11. The molecule has 1 aliphatic heterocycles. The van der Waals surface area contributed by atoms with E-state index >= 15 is 0 Å². The first kappa shape index (κ1) is 31.2. The van der Waals surface area contributed by atoms with Crippen LogP contribution in [0.15, 0.2) is 95.6 Å². The lowest BCUT2D eigenvalue weighted by Gasteiger charge is -2.36. The topological polar surface area (TPSA) is 148 Å². The summed E-state index contributed by atoms with van der Waals surface area (Å²) in [5.74, 6) is -2.68. The Kier molecular flexibility index (Phi) is 9.66. The van der Waals surface area contributed by atoms with E-state index in [1.54, 1.807) is 36.4 Å². The van der Waals surface area contributed by atoms with Gasteiger partial charge in [0.15, 0.2) is 0 Å². The highest BCUT2D eigenvalue weighted by Crippen LogP contribution is 2.47. The number of carbonyl (C=O) groups is 2. The highest BCUT2D eigenvalue weighted by molar-refractivity contribution is 6.58. The monoisotopic (exact) mass is 597 g/mol. The van der Waals surface area contributed by atoms with Crippen LogP contribution in [0.25, 0.3) is 6.08 Å². The van der Waals surface area contributed by atoms with Gasteiger partial charge in [-0.3, -0.25) is 14.5 Å². The summed E-state index contributed by atoms with van der Waals surface area (Å²) in [6.07, 6.45) is 1.90. The number of aromatic hydroxyl groups is 1. The maximum atomic E-state index is 13.9. The fraction of sp³-hybridized carbons (Fsp3) is 0.294. The Hall–Kier alpha value is -4.22. The van der Waals surface area contributed by atoms with E-state index in [1.807, 2.05) is 37.3 Å². The number of ether oxygens (including phenoxy) is 1. The molecule has 10 heteroatoms. The van der Waals surface area contributed by atoms with Crippen molar-refractivity contribution in [3.05, 3.63) is 101 Å². The Morgan fingerprint density at radius 2 is 1.77 bits per heavy atom. The zero-order valence-corrected chi connectivity index (χ0v) is 24.4. The minimum atomic E-state index is -1.77. The number of benzene rings is 3. The Morgan fingerprint density at radius 3 is 2.48 bits per heavy atom. The summed E-state index contributed by atoms with van der Waals surface area (Å²) in [4.78, 5) is 28.7. The van der Waals surface area contributed by atoms with E-state index in [-0.39, 0.29) is 29.9 Å². The standard InChI is InChI=1S/C34H36BNO8/c1-21(15-22-7-5-10-26(38)16-22)13-14-30(39)31-23(20-44-27-11-3-2-4-12-27)17-28-32(29(31)19-37)34(41)36(33(28)40)25-9-6-8-24(18-25)35(42)43/h2-12,15-16,18,28-30,32,37-39,42-43H,13-14,17,19-20H2,1H3/b21-15+/t28-,29+,30-,32-/m1/s1. The number of aliphatic hydroxyl groups excluding tert-OH is 2. The van der Waals surface area contributed by atoms with E-state index in [1.165, 1.54) is 18.2 Å². The molecule has 9 nitrogen and oxygen atoms in total. The quantitative estimate of drug-likeness (QED) is 0.129. The second-order valence-electron chi connectivity index (χ2n) is 11.4. The first-order valence-corrected chi connectivity index (χ1v) is 14.7. The van der Waals surface area contributed by atoms with E-state index in [4.69, 9.17) is 4.74 Å². The fourth-order valence-corrected chi connectivity index (χ4v) is 6.35. The van der Waals surface area contributed by atoms with Gasteiger partial charge in [-0.15, -0.1) is 0 Å². The van der Waals surface area contributed by atoms with Gasteiger partial charge in [-0.1, -0.05) is 54.1 Å². The molecule has 1 heterocycles. The van der Waals surface area contributed by atoms with E-state index in [2.05, 4.69) is 0 Å². The number of fused-ring (bicyclic) bond motifs is 1. The second kappa shape index (κ2) is 13.6. The van der Waals surface area contributed by atoms with Crippen molar-refractivity contribution in [3.63, 3.8) is 0 Å². The van der Waals surface area contributed by atoms with E-state index < -0.39 is 49.4 Å². The van der Waals surface area contributed by atoms with Gasteiger partial charge in [0, 0.05) is 5.92 Å². The number of imide groups is 1. The Morgan fingerprint density at radius 1 is 1.02 bits per heavy atom. The maximum Gasteiger partial charge on any atom is 0.488 e. The van der Waals surface area contributed by atoms with Gasteiger partial charge in [0.2, 0.25) is 11.8 Å².